The number of nitrogens with zero attached hydrogens (tertiary/aromatic N) is 1. The van der Waals surface area contributed by atoms with Gasteiger partial charge in [0.2, 0.25) is 0 Å². The average Bonchev–Trinajstić information content (AvgIpc) is 3.13. The molecule has 6 rings (SSSR count). The fraction of sp³-hybridized carbons (Fsp3) is 0.152. The topological polar surface area (TPSA) is 3.24 Å². The van der Waals surface area contributed by atoms with Crippen LogP contribution in [0.25, 0.3) is 16.7 Å². The SMILES string of the molecule is CC1(C)C2=C(CCC=C2)c2ccc(N(c3ccc(Cl)cc3)c3ccccc3-c3ccccc3)cc21. The van der Waals surface area contributed by atoms with Gasteiger partial charge < -0.3 is 4.90 Å². The van der Waals surface area contributed by atoms with E-state index in [1.807, 2.05) is 12.1 Å². The van der Waals surface area contributed by atoms with Crippen molar-refractivity contribution >= 4 is 34.2 Å². The molecule has 0 bridgehead atoms. The lowest BCUT2D eigenvalue weighted by atomic mass is 9.80. The third kappa shape index (κ3) is 3.72. The fourth-order valence-corrected chi connectivity index (χ4v) is 5.80. The summed E-state index contributed by atoms with van der Waals surface area (Å²) in [5, 5.41) is 0.740. The van der Waals surface area contributed by atoms with Crippen molar-refractivity contribution in [1.82, 2.24) is 0 Å². The molecule has 0 aromatic heterocycles. The Labute approximate surface area is 213 Å². The lowest BCUT2D eigenvalue weighted by Crippen LogP contribution is -2.18. The summed E-state index contributed by atoms with van der Waals surface area (Å²) in [6.07, 6.45) is 6.92. The lowest BCUT2D eigenvalue weighted by molar-refractivity contribution is 0.651. The highest BCUT2D eigenvalue weighted by atomic mass is 35.5. The molecule has 0 aliphatic heterocycles. The normalized spacial score (nSPS) is 15.6. The molecule has 0 saturated heterocycles. The Morgan fingerprint density at radius 3 is 2.26 bits per heavy atom. The Kier molecular flexibility index (Phi) is 5.39. The molecule has 172 valence electrons. The number of hydrogen-bond acceptors (Lipinski definition) is 1. The highest BCUT2D eigenvalue weighted by Crippen LogP contribution is 2.52. The maximum absolute atomic E-state index is 6.29. The summed E-state index contributed by atoms with van der Waals surface area (Å²) in [4.78, 5) is 2.36. The van der Waals surface area contributed by atoms with Crippen molar-refractivity contribution in [3.63, 3.8) is 0 Å². The van der Waals surface area contributed by atoms with Gasteiger partial charge in [0.15, 0.2) is 0 Å². The predicted octanol–water partition coefficient (Wildman–Crippen LogP) is 9.87. The summed E-state index contributed by atoms with van der Waals surface area (Å²) >= 11 is 6.29. The second-order valence-electron chi connectivity index (χ2n) is 9.88. The van der Waals surface area contributed by atoms with Crippen LogP contribution in [0.4, 0.5) is 17.1 Å². The van der Waals surface area contributed by atoms with Gasteiger partial charge in [-0.05, 0) is 83.1 Å². The molecule has 0 unspecified atom stereocenters. The zero-order valence-corrected chi connectivity index (χ0v) is 20.9. The van der Waals surface area contributed by atoms with E-state index in [1.165, 1.54) is 33.4 Å². The number of fused-ring (bicyclic) bond motifs is 2. The molecule has 2 aliphatic carbocycles. The van der Waals surface area contributed by atoms with E-state index in [1.54, 1.807) is 0 Å². The van der Waals surface area contributed by atoms with Crippen LogP contribution in [-0.4, -0.2) is 0 Å². The van der Waals surface area contributed by atoms with Crippen molar-refractivity contribution in [2.45, 2.75) is 32.1 Å². The smallest absolute Gasteiger partial charge is 0.0540 e. The van der Waals surface area contributed by atoms with Crippen molar-refractivity contribution in [2.75, 3.05) is 4.90 Å². The van der Waals surface area contributed by atoms with Gasteiger partial charge in [0.05, 0.1) is 5.69 Å². The van der Waals surface area contributed by atoms with Gasteiger partial charge >= 0.3 is 0 Å². The largest absolute Gasteiger partial charge is 0.310 e. The minimum Gasteiger partial charge on any atom is -0.310 e. The second-order valence-corrected chi connectivity index (χ2v) is 10.3. The molecule has 0 heterocycles. The third-order valence-electron chi connectivity index (χ3n) is 7.42. The van der Waals surface area contributed by atoms with Gasteiger partial charge in [-0.1, -0.05) is 92.2 Å². The summed E-state index contributed by atoms with van der Waals surface area (Å²) in [7, 11) is 0. The van der Waals surface area contributed by atoms with Crippen LogP contribution in [0.3, 0.4) is 0 Å². The molecule has 4 aromatic carbocycles. The number of halogens is 1. The van der Waals surface area contributed by atoms with Crippen molar-refractivity contribution < 1.29 is 0 Å². The van der Waals surface area contributed by atoms with Crippen molar-refractivity contribution in [2.24, 2.45) is 0 Å². The first kappa shape index (κ1) is 21.9. The van der Waals surface area contributed by atoms with E-state index in [0.717, 1.165) is 34.9 Å². The highest BCUT2D eigenvalue weighted by Gasteiger charge is 2.37. The quantitative estimate of drug-likeness (QED) is 0.285. The van der Waals surface area contributed by atoms with Crippen LogP contribution < -0.4 is 4.90 Å². The van der Waals surface area contributed by atoms with Crippen LogP contribution in [0.2, 0.25) is 5.02 Å². The van der Waals surface area contributed by atoms with Crippen molar-refractivity contribution in [1.29, 1.82) is 0 Å². The summed E-state index contributed by atoms with van der Waals surface area (Å²) < 4.78 is 0. The minimum atomic E-state index is -0.0117. The summed E-state index contributed by atoms with van der Waals surface area (Å²) in [6.45, 7) is 4.72. The molecule has 2 heteroatoms. The molecule has 0 saturated carbocycles. The first-order valence-electron chi connectivity index (χ1n) is 12.3. The van der Waals surface area contributed by atoms with Crippen LogP contribution in [0.15, 0.2) is 115 Å². The van der Waals surface area contributed by atoms with Gasteiger partial charge in [0.25, 0.3) is 0 Å². The van der Waals surface area contributed by atoms with Gasteiger partial charge in [0.1, 0.15) is 0 Å². The summed E-state index contributed by atoms with van der Waals surface area (Å²) in [5.74, 6) is 0. The van der Waals surface area contributed by atoms with Gasteiger partial charge in [-0.2, -0.15) is 0 Å². The van der Waals surface area contributed by atoms with Crippen LogP contribution in [0.1, 0.15) is 37.8 Å². The molecule has 0 fully saturated rings. The third-order valence-corrected chi connectivity index (χ3v) is 7.67. The number of allylic oxidation sites excluding steroid dienone is 4. The molecule has 1 nitrogen and oxygen atoms in total. The molecule has 35 heavy (non-hydrogen) atoms. The van der Waals surface area contributed by atoms with Gasteiger partial charge in [-0.15, -0.1) is 0 Å². The number of benzene rings is 4. The predicted molar refractivity (Wildman–Crippen MR) is 150 cm³/mol. The first-order chi connectivity index (χ1) is 17.0. The molecule has 4 aromatic rings. The van der Waals surface area contributed by atoms with Gasteiger partial charge in [0, 0.05) is 27.4 Å². The van der Waals surface area contributed by atoms with Gasteiger partial charge in [-0.3, -0.25) is 0 Å². The number of anilines is 3. The highest BCUT2D eigenvalue weighted by molar-refractivity contribution is 6.30. The Morgan fingerprint density at radius 2 is 1.46 bits per heavy atom. The fourth-order valence-electron chi connectivity index (χ4n) is 5.67. The van der Waals surface area contributed by atoms with Crippen LogP contribution in [-0.2, 0) is 5.41 Å². The molecule has 0 radical (unpaired) electrons. The second kappa shape index (κ2) is 8.59. The van der Waals surface area contributed by atoms with Crippen LogP contribution in [0, 0.1) is 0 Å². The lowest BCUT2D eigenvalue weighted by Gasteiger charge is -2.30. The van der Waals surface area contributed by atoms with E-state index >= 15 is 0 Å². The van der Waals surface area contributed by atoms with E-state index < -0.39 is 0 Å². The Bertz CT molecular complexity index is 1460. The molecule has 2 aliphatic rings. The Balaban J connectivity index is 1.55. The van der Waals surface area contributed by atoms with E-state index in [2.05, 4.69) is 116 Å². The zero-order valence-electron chi connectivity index (χ0n) is 20.1. The first-order valence-corrected chi connectivity index (χ1v) is 12.7. The number of hydrogen-bond donors (Lipinski definition) is 0. The number of para-hydroxylation sites is 1. The summed E-state index contributed by atoms with van der Waals surface area (Å²) in [5.41, 5.74) is 11.6. The Hall–Kier alpha value is -3.55. The molecule has 0 atom stereocenters. The molecular formula is C33H28ClN. The molecule has 0 N–H and O–H groups in total. The van der Waals surface area contributed by atoms with Crippen molar-refractivity contribution in [3.8, 4) is 11.1 Å². The molecule has 0 amide bonds. The van der Waals surface area contributed by atoms with Gasteiger partial charge in [-0.25, -0.2) is 0 Å². The maximum Gasteiger partial charge on any atom is 0.0540 e. The Morgan fingerprint density at radius 1 is 0.743 bits per heavy atom. The van der Waals surface area contributed by atoms with E-state index in [0.29, 0.717) is 0 Å². The number of rotatable bonds is 4. The van der Waals surface area contributed by atoms with Crippen molar-refractivity contribution in [3.05, 3.63) is 131 Å². The monoisotopic (exact) mass is 473 g/mol. The van der Waals surface area contributed by atoms with E-state index in [-0.39, 0.29) is 5.41 Å². The average molecular weight is 474 g/mol. The van der Waals surface area contributed by atoms with E-state index in [9.17, 15) is 0 Å². The summed E-state index contributed by atoms with van der Waals surface area (Å²) in [6, 6.07) is 34.4. The van der Waals surface area contributed by atoms with Crippen LogP contribution >= 0.6 is 11.6 Å². The van der Waals surface area contributed by atoms with E-state index in [4.69, 9.17) is 11.6 Å². The maximum atomic E-state index is 6.29. The molecular weight excluding hydrogens is 446 g/mol. The standard InChI is InChI=1S/C33H28ClN/c1-33(2)30-14-8-6-13-28(30)29-21-20-26(22-31(29)33)35(25-18-16-24(34)17-19-25)32-15-9-7-12-27(32)23-10-4-3-5-11-23/h3-5,7-12,14-22H,6,13H2,1-2H3. The zero-order chi connectivity index (χ0) is 24.0. The molecule has 0 spiro atoms. The van der Waals surface area contributed by atoms with Crippen LogP contribution in [0.5, 0.6) is 0 Å². The minimum absolute atomic E-state index is 0.0117.